The molecule has 2 aromatic rings. The van der Waals surface area contributed by atoms with Crippen LogP contribution in [0.15, 0.2) is 0 Å². The number of rotatable bonds is 3. The zero-order valence-electron chi connectivity index (χ0n) is 12.4. The van der Waals surface area contributed by atoms with Crippen molar-refractivity contribution in [2.75, 3.05) is 0 Å². The first kappa shape index (κ1) is 22.3. The van der Waals surface area contributed by atoms with E-state index in [0.29, 0.717) is 0 Å². The van der Waals surface area contributed by atoms with Crippen molar-refractivity contribution in [1.82, 2.24) is 0 Å². The average Bonchev–Trinajstić information content (AvgIpc) is 2.61. The Morgan fingerprint density at radius 3 is 1.21 bits per heavy atom. The van der Waals surface area contributed by atoms with Gasteiger partial charge < -0.3 is 4.43 Å². The van der Waals surface area contributed by atoms with Crippen LogP contribution in [0, 0.1) is 58.2 Å². The minimum atomic E-state index is -5.57. The number of carbonyl (C=O) groups is 1. The minimum Gasteiger partial charge on any atom is -0.484 e. The molecule has 0 aliphatic heterocycles. The lowest BCUT2D eigenvalue weighted by Crippen LogP contribution is -2.47. The summed E-state index contributed by atoms with van der Waals surface area (Å²) in [6.07, 6.45) is 0. The summed E-state index contributed by atoms with van der Waals surface area (Å²) in [5.74, 6) is -28.7. The van der Waals surface area contributed by atoms with Gasteiger partial charge in [-0.05, 0) is 0 Å². The molecule has 0 aliphatic rings. The molecule has 0 N–H and O–H groups in total. The van der Waals surface area contributed by atoms with Crippen LogP contribution in [-0.4, -0.2) is 12.9 Å². The first-order valence-corrected chi connectivity index (χ1v) is 10.3. The van der Waals surface area contributed by atoms with Gasteiger partial charge in [-0.1, -0.05) is 22.2 Å². The molecule has 2 aromatic carbocycles. The summed E-state index contributed by atoms with van der Waals surface area (Å²) in [7, 11) is 0. The van der Waals surface area contributed by atoms with Crippen molar-refractivity contribution in [3.05, 3.63) is 63.7 Å². The second kappa shape index (κ2) is 7.44. The van der Waals surface area contributed by atoms with E-state index in [9.17, 15) is 48.7 Å². The van der Waals surface area contributed by atoms with Crippen molar-refractivity contribution in [3.8, 4) is 0 Å². The van der Waals surface area contributed by atoms with Crippen molar-refractivity contribution < 1.29 is 53.1 Å². The molecule has 0 aliphatic carbocycles. The van der Waals surface area contributed by atoms with Gasteiger partial charge in [-0.3, -0.25) is 0 Å². The van der Waals surface area contributed by atoms with E-state index in [-0.39, 0.29) is 0 Å². The van der Waals surface area contributed by atoms with Gasteiger partial charge >= 0.3 is 12.9 Å². The van der Waals surface area contributed by atoms with Crippen LogP contribution in [0.4, 0.5) is 43.9 Å². The highest BCUT2D eigenvalue weighted by Crippen LogP contribution is 2.28. The molecular formula is C13Cl2F10O2Si. The highest BCUT2D eigenvalue weighted by atomic mass is 35.7. The first-order chi connectivity index (χ1) is 12.7. The molecular weight excluding hydrogens is 477 g/mol. The van der Waals surface area contributed by atoms with Crippen LogP contribution < -0.4 is 5.19 Å². The number of halogens is 12. The van der Waals surface area contributed by atoms with Crippen molar-refractivity contribution in [3.63, 3.8) is 0 Å². The lowest BCUT2D eigenvalue weighted by Gasteiger charge is -2.20. The van der Waals surface area contributed by atoms with Gasteiger partial charge in [-0.2, -0.15) is 0 Å². The molecule has 152 valence electrons. The van der Waals surface area contributed by atoms with E-state index in [1.54, 1.807) is 0 Å². The van der Waals surface area contributed by atoms with Crippen LogP contribution in [-0.2, 0) is 4.43 Å². The molecule has 0 fully saturated rings. The van der Waals surface area contributed by atoms with Gasteiger partial charge in [-0.15, -0.1) is 0 Å². The second-order valence-corrected chi connectivity index (χ2v) is 10.3. The Morgan fingerprint density at radius 2 is 0.857 bits per heavy atom. The van der Waals surface area contributed by atoms with E-state index < -0.39 is 81.8 Å². The van der Waals surface area contributed by atoms with Gasteiger partial charge in [0.25, 0.3) is 0 Å². The normalized spacial score (nSPS) is 11.7. The summed E-state index contributed by atoms with van der Waals surface area (Å²) in [5.41, 5.74) is -2.25. The Kier molecular flexibility index (Phi) is 5.93. The zero-order chi connectivity index (χ0) is 21.7. The van der Waals surface area contributed by atoms with E-state index in [0.717, 1.165) is 0 Å². The van der Waals surface area contributed by atoms with Crippen molar-refractivity contribution >= 4 is 40.3 Å². The fourth-order valence-corrected chi connectivity index (χ4v) is 4.45. The molecule has 0 spiro atoms. The van der Waals surface area contributed by atoms with E-state index in [1.165, 1.54) is 0 Å². The van der Waals surface area contributed by atoms with Crippen molar-refractivity contribution in [2.45, 2.75) is 0 Å². The fourth-order valence-electron chi connectivity index (χ4n) is 1.86. The van der Waals surface area contributed by atoms with Gasteiger partial charge in [0, 0.05) is 0 Å². The van der Waals surface area contributed by atoms with Crippen LogP contribution >= 0.6 is 22.2 Å². The zero-order valence-corrected chi connectivity index (χ0v) is 14.9. The first-order valence-electron chi connectivity index (χ1n) is 6.38. The van der Waals surface area contributed by atoms with Gasteiger partial charge in [0.1, 0.15) is 5.56 Å². The summed E-state index contributed by atoms with van der Waals surface area (Å²) < 4.78 is 137. The molecule has 0 heterocycles. The Hall–Kier alpha value is -1.99. The fraction of sp³-hybridized carbons (Fsp3) is 0. The summed E-state index contributed by atoms with van der Waals surface area (Å²) in [6, 6.07) is 0. The SMILES string of the molecule is O=C(O[Si](Cl)(Cl)c1c(F)c(F)c(F)c(F)c1F)c1c(F)c(F)c(F)c(F)c1F. The summed E-state index contributed by atoms with van der Waals surface area (Å²) in [6.45, 7) is -5.57. The maximum Gasteiger partial charge on any atom is 0.492 e. The van der Waals surface area contributed by atoms with Crippen LogP contribution in [0.1, 0.15) is 10.4 Å². The van der Waals surface area contributed by atoms with E-state index in [1.807, 2.05) is 0 Å². The Labute approximate surface area is 157 Å². The van der Waals surface area contributed by atoms with Crippen molar-refractivity contribution in [2.24, 2.45) is 0 Å². The molecule has 2 nitrogen and oxygen atoms in total. The lowest BCUT2D eigenvalue weighted by molar-refractivity contribution is 0.0723. The molecule has 0 bridgehead atoms. The highest BCUT2D eigenvalue weighted by molar-refractivity contribution is 7.48. The van der Waals surface area contributed by atoms with Gasteiger partial charge in [0.05, 0.1) is 5.19 Å². The molecule has 0 amide bonds. The monoisotopic (exact) mass is 476 g/mol. The molecule has 28 heavy (non-hydrogen) atoms. The summed E-state index contributed by atoms with van der Waals surface area (Å²) in [5, 5.41) is -2.04. The van der Waals surface area contributed by atoms with Gasteiger partial charge in [-0.25, -0.2) is 48.7 Å². The third kappa shape index (κ3) is 3.41. The van der Waals surface area contributed by atoms with Gasteiger partial charge in [0.15, 0.2) is 46.5 Å². The maximum absolute atomic E-state index is 13.7. The van der Waals surface area contributed by atoms with Crippen LogP contribution in [0.25, 0.3) is 0 Å². The number of hydrogen-bond donors (Lipinski definition) is 0. The van der Waals surface area contributed by atoms with E-state index in [4.69, 9.17) is 22.2 Å². The predicted octanol–water partition coefficient (Wildman–Crippen LogP) is 4.56. The highest BCUT2D eigenvalue weighted by Gasteiger charge is 2.48. The Morgan fingerprint density at radius 1 is 0.571 bits per heavy atom. The molecule has 2 rings (SSSR count). The molecule has 0 aromatic heterocycles. The summed E-state index contributed by atoms with van der Waals surface area (Å²) in [4.78, 5) is 11.8. The largest absolute Gasteiger partial charge is 0.492 e. The van der Waals surface area contributed by atoms with Crippen LogP contribution in [0.2, 0.25) is 0 Å². The molecule has 0 saturated heterocycles. The minimum absolute atomic E-state index is 2.04. The molecule has 0 saturated carbocycles. The molecule has 0 atom stereocenters. The second-order valence-electron chi connectivity index (χ2n) is 4.80. The standard InChI is InChI=1S/C13Cl2F10O2Si/c14-28(15,12-10(24)8(22)7(21)9(23)11(12)25)27-13(26)1-2(16)4(18)6(20)5(19)3(1)17. The number of hydrogen-bond acceptors (Lipinski definition) is 2. The Balaban J connectivity index is 2.60. The van der Waals surface area contributed by atoms with E-state index in [2.05, 4.69) is 4.43 Å². The summed E-state index contributed by atoms with van der Waals surface area (Å²) >= 11 is 10.7. The Bertz CT molecular complexity index is 956. The number of carbonyl (C=O) groups excluding carboxylic acids is 1. The number of benzene rings is 2. The maximum atomic E-state index is 13.7. The predicted molar refractivity (Wildman–Crippen MR) is 75.0 cm³/mol. The molecule has 0 radical (unpaired) electrons. The third-order valence-electron chi connectivity index (χ3n) is 3.14. The van der Waals surface area contributed by atoms with Crippen molar-refractivity contribution in [1.29, 1.82) is 0 Å². The third-order valence-corrected chi connectivity index (χ3v) is 6.20. The van der Waals surface area contributed by atoms with Gasteiger partial charge in [0.2, 0.25) is 11.6 Å². The molecule has 0 unspecified atom stereocenters. The van der Waals surface area contributed by atoms with Crippen LogP contribution in [0.5, 0.6) is 0 Å². The topological polar surface area (TPSA) is 26.3 Å². The average molecular weight is 477 g/mol. The quantitative estimate of drug-likeness (QED) is 0.213. The lowest BCUT2D eigenvalue weighted by atomic mass is 10.1. The smallest absolute Gasteiger partial charge is 0.484 e. The molecule has 15 heteroatoms. The van der Waals surface area contributed by atoms with Crippen LogP contribution in [0.3, 0.4) is 0 Å². The van der Waals surface area contributed by atoms with E-state index >= 15 is 0 Å².